The Morgan fingerprint density at radius 3 is 2.80 bits per heavy atom. The molecule has 2 aromatic rings. The maximum Gasteiger partial charge on any atom is 0.0328 e. The molecule has 0 bridgehead atoms. The van der Waals surface area contributed by atoms with Crippen molar-refractivity contribution in [2.45, 2.75) is 32.5 Å². The molecule has 2 heterocycles. The minimum absolute atomic E-state index is 0.574. The molecule has 0 saturated heterocycles. The molecule has 1 unspecified atom stereocenters. The molecule has 0 aliphatic carbocycles. The lowest BCUT2D eigenvalue weighted by molar-refractivity contribution is 0.241. The molecule has 3 rings (SSSR count). The van der Waals surface area contributed by atoms with Crippen LogP contribution >= 0.6 is 11.3 Å². The van der Waals surface area contributed by atoms with E-state index in [2.05, 4.69) is 58.9 Å². The molecule has 3 heteroatoms. The maximum atomic E-state index is 3.68. The van der Waals surface area contributed by atoms with Crippen LogP contribution in [0.1, 0.15) is 22.9 Å². The number of likely N-dealkylation sites (N-methyl/N-ethyl adjacent to an activating group) is 1. The fourth-order valence-corrected chi connectivity index (χ4v) is 3.64. The predicted octanol–water partition coefficient (Wildman–Crippen LogP) is 3.28. The Balaban J connectivity index is 1.60. The van der Waals surface area contributed by atoms with Gasteiger partial charge in [0.2, 0.25) is 0 Å². The molecule has 1 atom stereocenters. The first-order valence-corrected chi connectivity index (χ1v) is 8.28. The number of benzene rings is 1. The van der Waals surface area contributed by atoms with E-state index >= 15 is 0 Å². The fraction of sp³-hybridized carbons (Fsp3) is 0.412. The molecule has 1 aromatic carbocycles. The zero-order valence-corrected chi connectivity index (χ0v) is 12.8. The van der Waals surface area contributed by atoms with E-state index in [4.69, 9.17) is 0 Å². The first kappa shape index (κ1) is 13.8. The largest absolute Gasteiger partial charge is 0.308 e. The monoisotopic (exact) mass is 286 g/mol. The molecule has 1 aliphatic rings. The first-order chi connectivity index (χ1) is 9.85. The summed E-state index contributed by atoms with van der Waals surface area (Å²) < 4.78 is 0. The summed E-state index contributed by atoms with van der Waals surface area (Å²) in [5.41, 5.74) is 2.98. The van der Waals surface area contributed by atoms with Crippen molar-refractivity contribution in [1.82, 2.24) is 10.2 Å². The van der Waals surface area contributed by atoms with Gasteiger partial charge in [-0.2, -0.15) is 0 Å². The van der Waals surface area contributed by atoms with Gasteiger partial charge in [0, 0.05) is 30.6 Å². The van der Waals surface area contributed by atoms with Gasteiger partial charge in [0.05, 0.1) is 0 Å². The molecule has 0 saturated carbocycles. The number of hydrogen-bond donors (Lipinski definition) is 1. The lowest BCUT2D eigenvalue weighted by atomic mass is 9.95. The Bertz CT molecular complexity index is 536. The van der Waals surface area contributed by atoms with E-state index in [1.54, 1.807) is 0 Å². The van der Waals surface area contributed by atoms with Crippen LogP contribution in [-0.4, -0.2) is 24.0 Å². The molecular formula is C17H22N2S. The third kappa shape index (κ3) is 3.29. The van der Waals surface area contributed by atoms with Gasteiger partial charge in [-0.15, -0.1) is 11.3 Å². The van der Waals surface area contributed by atoms with Crippen molar-refractivity contribution in [2.24, 2.45) is 0 Å². The molecule has 106 valence electrons. The van der Waals surface area contributed by atoms with E-state index in [1.807, 2.05) is 11.3 Å². The van der Waals surface area contributed by atoms with Gasteiger partial charge in [-0.1, -0.05) is 37.3 Å². The second-order valence-corrected chi connectivity index (χ2v) is 6.49. The minimum Gasteiger partial charge on any atom is -0.308 e. The van der Waals surface area contributed by atoms with Crippen LogP contribution in [0.4, 0.5) is 0 Å². The van der Waals surface area contributed by atoms with Gasteiger partial charge >= 0.3 is 0 Å². The fourth-order valence-electron chi connectivity index (χ4n) is 2.89. The average molecular weight is 286 g/mol. The SMILES string of the molecule is CCN(Cc1cccs1)CC1Cc2ccccc2CN1. The Labute approximate surface area is 125 Å². The van der Waals surface area contributed by atoms with Crippen LogP contribution < -0.4 is 5.32 Å². The van der Waals surface area contributed by atoms with Crippen molar-refractivity contribution in [1.29, 1.82) is 0 Å². The van der Waals surface area contributed by atoms with Gasteiger partial charge < -0.3 is 5.32 Å². The zero-order valence-electron chi connectivity index (χ0n) is 12.0. The van der Waals surface area contributed by atoms with Gasteiger partial charge in [0.1, 0.15) is 0 Å². The van der Waals surface area contributed by atoms with Crippen LogP contribution in [0.3, 0.4) is 0 Å². The molecule has 1 N–H and O–H groups in total. The summed E-state index contributed by atoms with van der Waals surface area (Å²) in [6.07, 6.45) is 1.15. The van der Waals surface area contributed by atoms with Crippen molar-refractivity contribution >= 4 is 11.3 Å². The summed E-state index contributed by atoms with van der Waals surface area (Å²) in [4.78, 5) is 4.00. The average Bonchev–Trinajstić information content (AvgIpc) is 2.99. The number of hydrogen-bond acceptors (Lipinski definition) is 3. The summed E-state index contributed by atoms with van der Waals surface area (Å²) in [5.74, 6) is 0. The molecule has 1 aromatic heterocycles. The van der Waals surface area contributed by atoms with Crippen molar-refractivity contribution in [2.75, 3.05) is 13.1 Å². The highest BCUT2D eigenvalue weighted by Gasteiger charge is 2.19. The Kier molecular flexibility index (Phi) is 4.51. The highest BCUT2D eigenvalue weighted by Crippen LogP contribution is 2.18. The van der Waals surface area contributed by atoms with Crippen LogP contribution in [0.25, 0.3) is 0 Å². The quantitative estimate of drug-likeness (QED) is 0.907. The lowest BCUT2D eigenvalue weighted by Gasteiger charge is -2.31. The number of rotatable bonds is 5. The first-order valence-electron chi connectivity index (χ1n) is 7.40. The molecule has 0 spiro atoms. The maximum absolute atomic E-state index is 3.68. The lowest BCUT2D eigenvalue weighted by Crippen LogP contribution is -2.44. The van der Waals surface area contributed by atoms with E-state index in [9.17, 15) is 0 Å². The van der Waals surface area contributed by atoms with E-state index < -0.39 is 0 Å². The Morgan fingerprint density at radius 1 is 1.20 bits per heavy atom. The minimum atomic E-state index is 0.574. The molecule has 2 nitrogen and oxygen atoms in total. The van der Waals surface area contributed by atoms with Gasteiger partial charge in [0.25, 0.3) is 0 Å². The van der Waals surface area contributed by atoms with Gasteiger partial charge in [0.15, 0.2) is 0 Å². The molecular weight excluding hydrogens is 264 g/mol. The summed E-state index contributed by atoms with van der Waals surface area (Å²) in [6, 6.07) is 13.8. The second-order valence-electron chi connectivity index (χ2n) is 5.46. The van der Waals surface area contributed by atoms with Gasteiger partial charge in [-0.3, -0.25) is 4.90 Å². The van der Waals surface area contributed by atoms with E-state index in [1.165, 1.54) is 16.0 Å². The molecule has 20 heavy (non-hydrogen) atoms. The third-order valence-electron chi connectivity index (χ3n) is 4.05. The van der Waals surface area contributed by atoms with Crippen molar-refractivity contribution in [3.8, 4) is 0 Å². The highest BCUT2D eigenvalue weighted by atomic mass is 32.1. The number of thiophene rings is 1. The molecule has 0 radical (unpaired) electrons. The summed E-state index contributed by atoms with van der Waals surface area (Å²) in [7, 11) is 0. The van der Waals surface area contributed by atoms with E-state index in [0.29, 0.717) is 6.04 Å². The third-order valence-corrected chi connectivity index (χ3v) is 4.91. The van der Waals surface area contributed by atoms with Crippen molar-refractivity contribution in [3.05, 3.63) is 57.8 Å². The predicted molar refractivity (Wildman–Crippen MR) is 86.0 cm³/mol. The van der Waals surface area contributed by atoms with Crippen LogP contribution in [0.5, 0.6) is 0 Å². The zero-order chi connectivity index (χ0) is 13.8. The van der Waals surface area contributed by atoms with Crippen LogP contribution in [0.2, 0.25) is 0 Å². The van der Waals surface area contributed by atoms with Crippen LogP contribution in [0.15, 0.2) is 41.8 Å². The van der Waals surface area contributed by atoms with Crippen LogP contribution in [0, 0.1) is 0 Å². The van der Waals surface area contributed by atoms with E-state index in [0.717, 1.165) is 32.6 Å². The van der Waals surface area contributed by atoms with Crippen molar-refractivity contribution < 1.29 is 0 Å². The topological polar surface area (TPSA) is 15.3 Å². The number of nitrogens with one attached hydrogen (secondary N) is 1. The molecule has 0 amide bonds. The standard InChI is InChI=1S/C17H22N2S/c1-2-19(13-17-8-5-9-20-17)12-16-10-14-6-3-4-7-15(14)11-18-16/h3-9,16,18H,2,10-13H2,1H3. The smallest absolute Gasteiger partial charge is 0.0328 e. The van der Waals surface area contributed by atoms with E-state index in [-0.39, 0.29) is 0 Å². The highest BCUT2D eigenvalue weighted by molar-refractivity contribution is 7.09. The molecule has 1 aliphatic heterocycles. The van der Waals surface area contributed by atoms with Gasteiger partial charge in [-0.25, -0.2) is 0 Å². The van der Waals surface area contributed by atoms with Gasteiger partial charge in [-0.05, 0) is 35.5 Å². The van der Waals surface area contributed by atoms with Crippen LogP contribution in [-0.2, 0) is 19.5 Å². The summed E-state index contributed by atoms with van der Waals surface area (Å²) in [5, 5.41) is 5.85. The Morgan fingerprint density at radius 2 is 2.05 bits per heavy atom. The molecule has 0 fully saturated rings. The second kappa shape index (κ2) is 6.53. The normalized spacial score (nSPS) is 18.2. The summed E-state index contributed by atoms with van der Waals surface area (Å²) >= 11 is 1.86. The number of fused-ring (bicyclic) bond motifs is 1. The van der Waals surface area contributed by atoms with Crippen molar-refractivity contribution in [3.63, 3.8) is 0 Å². The number of nitrogens with zero attached hydrogens (tertiary/aromatic N) is 1. The Hall–Kier alpha value is -1.16. The summed E-state index contributed by atoms with van der Waals surface area (Å²) in [6.45, 7) is 6.58.